The summed E-state index contributed by atoms with van der Waals surface area (Å²) in [5, 5.41) is 6.07. The maximum atomic E-state index is 13.3. The van der Waals surface area contributed by atoms with Gasteiger partial charge in [0, 0.05) is 35.5 Å². The summed E-state index contributed by atoms with van der Waals surface area (Å²) in [4.78, 5) is 19.2. The number of allylic oxidation sites excluding steroid dienone is 4. The van der Waals surface area contributed by atoms with Gasteiger partial charge in [-0.05, 0) is 42.3 Å². The number of amides is 1. The number of imidazole rings is 1. The van der Waals surface area contributed by atoms with Gasteiger partial charge in [0.2, 0.25) is 0 Å². The van der Waals surface area contributed by atoms with E-state index in [9.17, 15) is 13.6 Å². The molecule has 0 spiro atoms. The molecule has 0 radical (unpaired) electrons. The highest BCUT2D eigenvalue weighted by atomic mass is 19.1. The molecule has 0 bridgehead atoms. The lowest BCUT2D eigenvalue weighted by atomic mass is 9.90. The maximum Gasteiger partial charge on any atom is 0.252 e. The third-order valence-corrected chi connectivity index (χ3v) is 4.43. The van der Waals surface area contributed by atoms with Crippen molar-refractivity contribution in [2.45, 2.75) is 13.0 Å². The lowest BCUT2D eigenvalue weighted by molar-refractivity contribution is -0.115. The second-order valence-corrected chi connectivity index (χ2v) is 6.26. The molecular formula is C19H16F2N4O. The first kappa shape index (κ1) is 16.3. The van der Waals surface area contributed by atoms with E-state index >= 15 is 0 Å². The molecule has 0 saturated carbocycles. The van der Waals surface area contributed by atoms with Crippen LogP contribution in [-0.4, -0.2) is 15.9 Å². The van der Waals surface area contributed by atoms with Gasteiger partial charge in [0.15, 0.2) is 0 Å². The third kappa shape index (κ3) is 3.28. The number of carbonyl (C=O) groups is 1. The minimum atomic E-state index is -0.600. The fourth-order valence-electron chi connectivity index (χ4n) is 3.21. The summed E-state index contributed by atoms with van der Waals surface area (Å²) in [6.07, 6.45) is 9.33. The standard InChI is InChI=1S/C19H16F2N4O/c20-12-3-11(4-13(21)5-12)8-23-14-1-2-18-16(6-14)17(19(26)25-18)7-15-9-22-10-24-15/h1-5,7,9-10,16,23H,6,8H2,(H,22,24)(H,25,26)/b17-7-. The predicted molar refractivity (Wildman–Crippen MR) is 92.2 cm³/mol. The van der Waals surface area contributed by atoms with Gasteiger partial charge in [0.25, 0.3) is 5.91 Å². The molecule has 1 atom stereocenters. The molecule has 132 valence electrons. The third-order valence-electron chi connectivity index (χ3n) is 4.43. The average molecular weight is 354 g/mol. The molecule has 26 heavy (non-hydrogen) atoms. The van der Waals surface area contributed by atoms with Crippen LogP contribution in [0.5, 0.6) is 0 Å². The van der Waals surface area contributed by atoms with E-state index in [2.05, 4.69) is 20.6 Å². The van der Waals surface area contributed by atoms with Gasteiger partial charge in [-0.3, -0.25) is 4.79 Å². The first-order chi connectivity index (χ1) is 12.6. The minimum absolute atomic E-state index is 0.0810. The van der Waals surface area contributed by atoms with Crippen molar-refractivity contribution in [2.75, 3.05) is 0 Å². The number of H-pyrrole nitrogens is 1. The first-order valence-corrected chi connectivity index (χ1v) is 8.19. The number of fused-ring (bicyclic) bond motifs is 1. The van der Waals surface area contributed by atoms with Crippen molar-refractivity contribution in [3.8, 4) is 0 Å². The summed E-state index contributed by atoms with van der Waals surface area (Å²) < 4.78 is 26.6. The Hall–Kier alpha value is -3.22. The summed E-state index contributed by atoms with van der Waals surface area (Å²) >= 11 is 0. The number of halogens is 2. The van der Waals surface area contributed by atoms with Gasteiger partial charge < -0.3 is 15.6 Å². The van der Waals surface area contributed by atoms with Crippen LogP contribution in [0.2, 0.25) is 0 Å². The zero-order valence-electron chi connectivity index (χ0n) is 13.7. The Balaban J connectivity index is 1.49. The lowest BCUT2D eigenvalue weighted by Crippen LogP contribution is -2.19. The van der Waals surface area contributed by atoms with Crippen LogP contribution >= 0.6 is 0 Å². The second kappa shape index (κ2) is 6.59. The fourth-order valence-corrected chi connectivity index (χ4v) is 3.21. The normalized spacial score (nSPS) is 20.5. The van der Waals surface area contributed by atoms with E-state index in [1.807, 2.05) is 12.2 Å². The lowest BCUT2D eigenvalue weighted by Gasteiger charge is -2.20. The van der Waals surface area contributed by atoms with E-state index in [1.54, 1.807) is 18.6 Å². The van der Waals surface area contributed by atoms with E-state index in [4.69, 9.17) is 0 Å². The van der Waals surface area contributed by atoms with Crippen molar-refractivity contribution >= 4 is 12.0 Å². The number of rotatable bonds is 4. The molecule has 1 saturated heterocycles. The van der Waals surface area contributed by atoms with E-state index in [1.165, 1.54) is 12.1 Å². The zero-order chi connectivity index (χ0) is 18.1. The molecule has 7 heteroatoms. The number of aromatic nitrogens is 2. The zero-order valence-corrected chi connectivity index (χ0v) is 13.7. The molecule has 1 unspecified atom stereocenters. The Morgan fingerprint density at radius 2 is 2.04 bits per heavy atom. The van der Waals surface area contributed by atoms with E-state index in [0.717, 1.165) is 23.2 Å². The van der Waals surface area contributed by atoms with Gasteiger partial charge in [0.05, 0.1) is 18.2 Å². The molecule has 1 aromatic carbocycles. The van der Waals surface area contributed by atoms with Gasteiger partial charge in [0.1, 0.15) is 11.6 Å². The Kier molecular flexibility index (Phi) is 4.12. The summed E-state index contributed by atoms with van der Waals surface area (Å²) in [7, 11) is 0. The highest BCUT2D eigenvalue weighted by Crippen LogP contribution is 2.35. The maximum absolute atomic E-state index is 13.3. The van der Waals surface area contributed by atoms with Crippen molar-refractivity contribution in [1.29, 1.82) is 0 Å². The van der Waals surface area contributed by atoms with Crippen molar-refractivity contribution in [1.82, 2.24) is 20.6 Å². The smallest absolute Gasteiger partial charge is 0.252 e. The number of carbonyl (C=O) groups excluding carboxylic acids is 1. The van der Waals surface area contributed by atoms with Gasteiger partial charge in [-0.25, -0.2) is 13.8 Å². The predicted octanol–water partition coefficient (Wildman–Crippen LogP) is 2.78. The Bertz CT molecular complexity index is 924. The van der Waals surface area contributed by atoms with Crippen LogP contribution in [0.3, 0.4) is 0 Å². The monoisotopic (exact) mass is 354 g/mol. The van der Waals surface area contributed by atoms with Crippen molar-refractivity contribution in [2.24, 2.45) is 5.92 Å². The highest BCUT2D eigenvalue weighted by Gasteiger charge is 2.34. The van der Waals surface area contributed by atoms with Crippen LogP contribution in [0.15, 0.2) is 59.8 Å². The van der Waals surface area contributed by atoms with Crippen LogP contribution in [0.1, 0.15) is 17.7 Å². The molecule has 2 aliphatic rings. The molecule has 1 fully saturated rings. The fraction of sp³-hybridized carbons (Fsp3) is 0.158. The van der Waals surface area contributed by atoms with Crippen LogP contribution in [-0.2, 0) is 11.3 Å². The Labute approximate surface area is 148 Å². The summed E-state index contributed by atoms with van der Waals surface area (Å²) in [6, 6.07) is 3.44. The number of hydrogen-bond donors (Lipinski definition) is 3. The summed E-state index contributed by atoms with van der Waals surface area (Å²) in [5.41, 5.74) is 3.69. The molecule has 3 N–H and O–H groups in total. The topological polar surface area (TPSA) is 69.8 Å². The molecule has 4 rings (SSSR count). The van der Waals surface area contributed by atoms with Crippen molar-refractivity contribution in [3.63, 3.8) is 0 Å². The van der Waals surface area contributed by atoms with Gasteiger partial charge >= 0.3 is 0 Å². The Morgan fingerprint density at radius 1 is 1.23 bits per heavy atom. The van der Waals surface area contributed by atoms with Gasteiger partial charge in [-0.15, -0.1) is 0 Å². The molecule has 1 aromatic heterocycles. The van der Waals surface area contributed by atoms with Gasteiger partial charge in [-0.2, -0.15) is 0 Å². The SMILES string of the molecule is O=C1NC2=CC=C(NCc3cc(F)cc(F)c3)CC2/C1=C/c1cnc[nH]1. The quantitative estimate of drug-likeness (QED) is 0.740. The second-order valence-electron chi connectivity index (χ2n) is 6.26. The summed E-state index contributed by atoms with van der Waals surface area (Å²) in [5.74, 6) is -1.41. The molecule has 1 aliphatic carbocycles. The van der Waals surface area contributed by atoms with E-state index in [-0.39, 0.29) is 11.8 Å². The van der Waals surface area contributed by atoms with Crippen LogP contribution < -0.4 is 10.6 Å². The number of hydrogen-bond acceptors (Lipinski definition) is 3. The largest absolute Gasteiger partial charge is 0.384 e. The minimum Gasteiger partial charge on any atom is -0.384 e. The molecule has 5 nitrogen and oxygen atoms in total. The first-order valence-electron chi connectivity index (χ1n) is 8.19. The summed E-state index contributed by atoms with van der Waals surface area (Å²) in [6.45, 7) is 0.303. The average Bonchev–Trinajstić information content (AvgIpc) is 3.21. The number of aromatic amines is 1. The van der Waals surface area contributed by atoms with Crippen LogP contribution in [0.25, 0.3) is 6.08 Å². The number of nitrogens with one attached hydrogen (secondary N) is 3. The van der Waals surface area contributed by atoms with Crippen LogP contribution in [0.4, 0.5) is 8.78 Å². The van der Waals surface area contributed by atoms with Crippen molar-refractivity contribution < 1.29 is 13.6 Å². The van der Waals surface area contributed by atoms with Crippen LogP contribution in [0, 0.1) is 17.6 Å². The number of nitrogens with zero attached hydrogens (tertiary/aromatic N) is 1. The van der Waals surface area contributed by atoms with Crippen molar-refractivity contribution in [3.05, 3.63) is 82.7 Å². The molecule has 1 amide bonds. The molecule has 2 heterocycles. The molecule has 2 aromatic rings. The van der Waals surface area contributed by atoms with E-state index in [0.29, 0.717) is 24.1 Å². The number of benzene rings is 1. The highest BCUT2D eigenvalue weighted by molar-refractivity contribution is 6.03. The molecule has 1 aliphatic heterocycles. The Morgan fingerprint density at radius 3 is 2.77 bits per heavy atom. The molecular weight excluding hydrogens is 338 g/mol. The van der Waals surface area contributed by atoms with Gasteiger partial charge in [-0.1, -0.05) is 0 Å². The van der Waals surface area contributed by atoms with E-state index < -0.39 is 11.6 Å².